The Kier molecular flexibility index (Phi) is 7.51. The van der Waals surface area contributed by atoms with Crippen molar-refractivity contribution in [1.29, 1.82) is 0 Å². The molecule has 192 valence electrons. The molecule has 0 spiro atoms. The zero-order valence-electron chi connectivity index (χ0n) is 20.8. The van der Waals surface area contributed by atoms with Crippen molar-refractivity contribution in [2.45, 2.75) is 50.6 Å². The summed E-state index contributed by atoms with van der Waals surface area (Å²) < 4.78 is 28.7. The van der Waals surface area contributed by atoms with Crippen LogP contribution in [0, 0.1) is 0 Å². The summed E-state index contributed by atoms with van der Waals surface area (Å²) in [6, 6.07) is 14.9. The number of imide groups is 1. The average Bonchev–Trinajstić information content (AvgIpc) is 3.16. The summed E-state index contributed by atoms with van der Waals surface area (Å²) in [5.74, 6) is -1.08. The Balaban J connectivity index is 1.70. The topological polar surface area (TPSA) is 117 Å². The van der Waals surface area contributed by atoms with Crippen LogP contribution in [0.15, 0.2) is 78.0 Å². The third kappa shape index (κ3) is 5.60. The smallest absolute Gasteiger partial charge is 0.252 e. The third-order valence-electron chi connectivity index (χ3n) is 6.13. The number of carbonyl (C=O) groups is 3. The van der Waals surface area contributed by atoms with Crippen LogP contribution in [0.3, 0.4) is 0 Å². The lowest BCUT2D eigenvalue weighted by molar-refractivity contribution is -0.122. The first kappa shape index (κ1) is 26.2. The number of hydrogen-bond acceptors (Lipinski definition) is 6. The minimum Gasteiger partial charge on any atom is -0.326 e. The molecule has 2 aromatic carbocycles. The van der Waals surface area contributed by atoms with E-state index in [1.54, 1.807) is 30.5 Å². The zero-order chi connectivity index (χ0) is 26.7. The van der Waals surface area contributed by atoms with Gasteiger partial charge in [-0.25, -0.2) is 13.3 Å². The van der Waals surface area contributed by atoms with Gasteiger partial charge in [-0.2, -0.15) is 4.31 Å². The number of anilines is 2. The fourth-order valence-corrected chi connectivity index (χ4v) is 5.77. The summed E-state index contributed by atoms with van der Waals surface area (Å²) in [5.41, 5.74) is 2.47. The molecule has 1 aliphatic rings. The van der Waals surface area contributed by atoms with E-state index in [-0.39, 0.29) is 29.7 Å². The lowest BCUT2D eigenvalue weighted by atomic mass is 10.0. The fraction of sp³-hybridized carbons (Fsp3) is 0.259. The number of aromatic nitrogens is 1. The minimum absolute atomic E-state index is 0.0644. The van der Waals surface area contributed by atoms with Crippen LogP contribution < -0.4 is 10.2 Å². The minimum atomic E-state index is -4.21. The van der Waals surface area contributed by atoms with Crippen LogP contribution in [0.25, 0.3) is 0 Å². The molecule has 1 unspecified atom stereocenters. The van der Waals surface area contributed by atoms with Gasteiger partial charge >= 0.3 is 0 Å². The largest absolute Gasteiger partial charge is 0.326 e. The number of pyridine rings is 1. The maximum Gasteiger partial charge on any atom is 0.252 e. The quantitative estimate of drug-likeness (QED) is 0.453. The molecule has 10 heteroatoms. The highest BCUT2D eigenvalue weighted by Gasteiger charge is 2.47. The Bertz CT molecular complexity index is 1410. The molecule has 1 N–H and O–H groups in total. The molecule has 3 aromatic rings. The van der Waals surface area contributed by atoms with Gasteiger partial charge in [0.1, 0.15) is 6.04 Å². The Morgan fingerprint density at radius 1 is 1.08 bits per heavy atom. The first-order chi connectivity index (χ1) is 17.6. The van der Waals surface area contributed by atoms with E-state index in [1.165, 1.54) is 37.4 Å². The molecule has 37 heavy (non-hydrogen) atoms. The zero-order valence-corrected chi connectivity index (χ0v) is 21.6. The molecule has 1 fully saturated rings. The molecule has 9 nitrogen and oxygen atoms in total. The van der Waals surface area contributed by atoms with Gasteiger partial charge in [-0.3, -0.25) is 19.4 Å². The fourth-order valence-electron chi connectivity index (χ4n) is 4.20. The molecule has 1 saturated heterocycles. The summed E-state index contributed by atoms with van der Waals surface area (Å²) in [4.78, 5) is 42.9. The van der Waals surface area contributed by atoms with Crippen LogP contribution in [0.5, 0.6) is 0 Å². The molecule has 3 amide bonds. The Hall–Kier alpha value is -3.89. The van der Waals surface area contributed by atoms with Crippen molar-refractivity contribution in [1.82, 2.24) is 9.29 Å². The highest BCUT2D eigenvalue weighted by Crippen LogP contribution is 2.31. The van der Waals surface area contributed by atoms with Gasteiger partial charge in [-0.1, -0.05) is 32.0 Å². The summed E-state index contributed by atoms with van der Waals surface area (Å²) >= 11 is 0. The Labute approximate surface area is 216 Å². The number of hydrogen-bond donors (Lipinski definition) is 1. The highest BCUT2D eigenvalue weighted by molar-refractivity contribution is 7.89. The van der Waals surface area contributed by atoms with E-state index in [0.29, 0.717) is 16.9 Å². The van der Waals surface area contributed by atoms with Crippen molar-refractivity contribution >= 4 is 39.1 Å². The van der Waals surface area contributed by atoms with Gasteiger partial charge in [0.15, 0.2) is 0 Å². The van der Waals surface area contributed by atoms with E-state index in [2.05, 4.69) is 10.3 Å². The van der Waals surface area contributed by atoms with Crippen molar-refractivity contribution in [3.63, 3.8) is 0 Å². The van der Waals surface area contributed by atoms with Crippen molar-refractivity contribution in [3.8, 4) is 0 Å². The molecule has 1 atom stereocenters. The van der Waals surface area contributed by atoms with Gasteiger partial charge in [-0.15, -0.1) is 0 Å². The molecule has 1 aliphatic heterocycles. The number of rotatable bonds is 8. The summed E-state index contributed by atoms with van der Waals surface area (Å²) in [6.45, 7) is 5.29. The molecule has 2 heterocycles. The van der Waals surface area contributed by atoms with E-state index in [1.807, 2.05) is 26.0 Å². The molecule has 0 bridgehead atoms. The second-order valence-electron chi connectivity index (χ2n) is 9.15. The lowest BCUT2D eigenvalue weighted by Crippen LogP contribution is -2.45. The number of benzene rings is 2. The molecule has 0 saturated carbocycles. The Morgan fingerprint density at radius 2 is 1.76 bits per heavy atom. The van der Waals surface area contributed by atoms with Crippen molar-refractivity contribution in [2.75, 3.05) is 10.2 Å². The van der Waals surface area contributed by atoms with Crippen LogP contribution in [0.4, 0.5) is 11.4 Å². The summed E-state index contributed by atoms with van der Waals surface area (Å²) in [5, 5.41) is 2.59. The molecule has 0 radical (unpaired) electrons. The summed E-state index contributed by atoms with van der Waals surface area (Å²) in [6.07, 6.45) is 2.80. The average molecular weight is 521 g/mol. The monoisotopic (exact) mass is 520 g/mol. The van der Waals surface area contributed by atoms with Crippen LogP contribution in [-0.4, -0.2) is 41.5 Å². The second-order valence-corrected chi connectivity index (χ2v) is 11.0. The number of nitrogens with one attached hydrogen (secondary N) is 1. The normalized spacial score (nSPS) is 16.0. The van der Waals surface area contributed by atoms with Crippen LogP contribution in [0.2, 0.25) is 0 Å². The van der Waals surface area contributed by atoms with Gasteiger partial charge in [0.2, 0.25) is 21.8 Å². The predicted molar refractivity (Wildman–Crippen MR) is 139 cm³/mol. The van der Waals surface area contributed by atoms with Gasteiger partial charge < -0.3 is 5.32 Å². The third-order valence-corrected chi connectivity index (χ3v) is 8.00. The van der Waals surface area contributed by atoms with E-state index < -0.39 is 27.9 Å². The van der Waals surface area contributed by atoms with Crippen molar-refractivity contribution in [3.05, 3.63) is 84.2 Å². The van der Waals surface area contributed by atoms with Gasteiger partial charge in [-0.05, 0) is 59.5 Å². The lowest BCUT2D eigenvalue weighted by Gasteiger charge is -2.27. The molecule has 1 aromatic heterocycles. The predicted octanol–water partition coefficient (Wildman–Crippen LogP) is 3.69. The standard InChI is InChI=1S/C27H28N4O5S/c1-18(2)21-6-10-23(11-7-21)31-26(33)15-25(27(31)34)30(17-20-5-4-14-28-16-20)37(35,36)24-12-8-22(9-13-24)29-19(3)32/h4-14,16,18,25H,15,17H2,1-3H3,(H,29,32). The Morgan fingerprint density at radius 3 is 2.32 bits per heavy atom. The van der Waals surface area contributed by atoms with E-state index in [9.17, 15) is 22.8 Å². The number of nitrogens with zero attached hydrogens (tertiary/aromatic N) is 3. The first-order valence-corrected chi connectivity index (χ1v) is 13.3. The van der Waals surface area contributed by atoms with Crippen LogP contribution in [-0.2, 0) is 31.0 Å². The molecule has 4 rings (SSSR count). The van der Waals surface area contributed by atoms with E-state index in [0.717, 1.165) is 14.8 Å². The van der Waals surface area contributed by atoms with Crippen molar-refractivity contribution in [2.24, 2.45) is 0 Å². The van der Waals surface area contributed by atoms with Crippen LogP contribution in [0.1, 0.15) is 44.2 Å². The number of carbonyl (C=O) groups excluding carboxylic acids is 3. The van der Waals surface area contributed by atoms with Gasteiger partial charge in [0, 0.05) is 31.5 Å². The van der Waals surface area contributed by atoms with Gasteiger partial charge in [0.05, 0.1) is 17.0 Å². The number of amides is 3. The summed E-state index contributed by atoms with van der Waals surface area (Å²) in [7, 11) is -4.21. The van der Waals surface area contributed by atoms with E-state index in [4.69, 9.17) is 0 Å². The second kappa shape index (κ2) is 10.6. The first-order valence-electron chi connectivity index (χ1n) is 11.8. The van der Waals surface area contributed by atoms with Crippen molar-refractivity contribution < 1.29 is 22.8 Å². The van der Waals surface area contributed by atoms with E-state index >= 15 is 0 Å². The number of sulfonamides is 1. The SMILES string of the molecule is CC(=O)Nc1ccc(S(=O)(=O)N(Cc2cccnc2)C2CC(=O)N(c3ccc(C(C)C)cc3)C2=O)cc1. The highest BCUT2D eigenvalue weighted by atomic mass is 32.2. The maximum atomic E-state index is 13.8. The van der Waals surface area contributed by atoms with Gasteiger partial charge in [0.25, 0.3) is 5.91 Å². The maximum absolute atomic E-state index is 13.8. The van der Waals surface area contributed by atoms with Crippen LogP contribution >= 0.6 is 0 Å². The molecule has 0 aliphatic carbocycles. The molecular weight excluding hydrogens is 492 g/mol. The molecular formula is C27H28N4O5S.